The minimum Gasteiger partial charge on any atom is -0.316 e. The molecular formula is C13H18BrNO2S. The Hall–Kier alpha value is -0.390. The largest absolute Gasteiger partial charge is 0.316 e. The van der Waals surface area contributed by atoms with Crippen molar-refractivity contribution in [3.8, 4) is 0 Å². The fraction of sp³-hybridized carbons (Fsp3) is 0.538. The molecule has 2 unspecified atom stereocenters. The summed E-state index contributed by atoms with van der Waals surface area (Å²) in [6.07, 6.45) is 1.66. The molecule has 100 valence electrons. The lowest BCUT2D eigenvalue weighted by molar-refractivity contribution is 0.403. The van der Waals surface area contributed by atoms with Gasteiger partial charge in [0.15, 0.2) is 9.84 Å². The molecule has 0 bridgehead atoms. The van der Waals surface area contributed by atoms with Crippen LogP contribution in [0.15, 0.2) is 28.7 Å². The molecule has 3 nitrogen and oxygen atoms in total. The highest BCUT2D eigenvalue weighted by atomic mass is 79.9. The molecule has 1 heterocycles. The zero-order chi connectivity index (χ0) is 13.2. The van der Waals surface area contributed by atoms with Crippen LogP contribution in [0.2, 0.25) is 0 Å². The smallest absolute Gasteiger partial charge is 0.150 e. The number of halogens is 1. The highest BCUT2D eigenvalue weighted by Crippen LogP contribution is 2.24. The quantitative estimate of drug-likeness (QED) is 0.918. The third-order valence-corrected chi connectivity index (χ3v) is 5.90. The van der Waals surface area contributed by atoms with Crippen LogP contribution in [0.3, 0.4) is 0 Å². The molecule has 2 rings (SSSR count). The molecule has 18 heavy (non-hydrogen) atoms. The molecule has 1 fully saturated rings. The molecule has 1 aromatic carbocycles. The molecule has 0 spiro atoms. The first-order valence-electron chi connectivity index (χ1n) is 6.12. The van der Waals surface area contributed by atoms with Gasteiger partial charge in [-0.05, 0) is 43.5 Å². The molecule has 0 aliphatic carbocycles. The van der Waals surface area contributed by atoms with Crippen molar-refractivity contribution in [1.29, 1.82) is 0 Å². The molecule has 1 aliphatic rings. The Morgan fingerprint density at radius 3 is 2.56 bits per heavy atom. The third kappa shape index (κ3) is 3.56. The van der Waals surface area contributed by atoms with Crippen molar-refractivity contribution < 1.29 is 8.42 Å². The first-order chi connectivity index (χ1) is 8.50. The van der Waals surface area contributed by atoms with E-state index < -0.39 is 9.84 Å². The third-order valence-electron chi connectivity index (χ3n) is 3.58. The Morgan fingerprint density at radius 2 is 2.06 bits per heavy atom. The van der Waals surface area contributed by atoms with E-state index in [0.717, 1.165) is 17.3 Å². The van der Waals surface area contributed by atoms with Gasteiger partial charge in [0, 0.05) is 10.5 Å². The van der Waals surface area contributed by atoms with Crippen LogP contribution in [-0.2, 0) is 16.3 Å². The predicted molar refractivity (Wildman–Crippen MR) is 77.5 cm³/mol. The second kappa shape index (κ2) is 5.72. The van der Waals surface area contributed by atoms with E-state index in [2.05, 4.69) is 33.4 Å². The van der Waals surface area contributed by atoms with Crippen molar-refractivity contribution in [3.05, 3.63) is 34.3 Å². The topological polar surface area (TPSA) is 46.2 Å². The van der Waals surface area contributed by atoms with Crippen LogP contribution in [-0.4, -0.2) is 33.0 Å². The average molecular weight is 332 g/mol. The second-order valence-corrected chi connectivity index (χ2v) is 8.03. The second-order valence-electron chi connectivity index (χ2n) is 4.89. The van der Waals surface area contributed by atoms with E-state index in [-0.39, 0.29) is 12.0 Å². The molecular weight excluding hydrogens is 314 g/mol. The lowest BCUT2D eigenvalue weighted by Gasteiger charge is -2.22. The number of hydrogen-bond donors (Lipinski definition) is 1. The summed E-state index contributed by atoms with van der Waals surface area (Å²) in [4.78, 5) is 0. The standard InChI is InChI=1S/C13H18BrNO2S/c1-15-13(11-6-7-18(16,17)9-11)8-10-2-4-12(14)5-3-10/h2-5,11,13,15H,6-9H2,1H3. The Labute approximate surface area is 117 Å². The molecule has 5 heteroatoms. The van der Waals surface area contributed by atoms with Crippen LogP contribution in [0.5, 0.6) is 0 Å². The van der Waals surface area contributed by atoms with Gasteiger partial charge in [0.25, 0.3) is 0 Å². The van der Waals surface area contributed by atoms with Crippen LogP contribution in [0.25, 0.3) is 0 Å². The van der Waals surface area contributed by atoms with Crippen molar-refractivity contribution in [3.63, 3.8) is 0 Å². The van der Waals surface area contributed by atoms with Gasteiger partial charge in [0.1, 0.15) is 0 Å². The fourth-order valence-electron chi connectivity index (χ4n) is 2.52. The van der Waals surface area contributed by atoms with Crippen molar-refractivity contribution in [2.24, 2.45) is 5.92 Å². The first-order valence-corrected chi connectivity index (χ1v) is 8.74. The monoisotopic (exact) mass is 331 g/mol. The lowest BCUT2D eigenvalue weighted by atomic mass is 9.93. The van der Waals surface area contributed by atoms with Gasteiger partial charge in [-0.1, -0.05) is 28.1 Å². The first kappa shape index (κ1) is 14.0. The predicted octanol–water partition coefficient (Wildman–Crippen LogP) is 2.01. The summed E-state index contributed by atoms with van der Waals surface area (Å²) >= 11 is 3.41. The molecule has 1 aliphatic heterocycles. The van der Waals surface area contributed by atoms with Gasteiger partial charge >= 0.3 is 0 Å². The molecule has 0 amide bonds. The molecule has 1 aromatic rings. The summed E-state index contributed by atoms with van der Waals surface area (Å²) in [5, 5.41) is 3.27. The van der Waals surface area contributed by atoms with E-state index in [0.29, 0.717) is 11.5 Å². The normalized spacial score (nSPS) is 24.0. The molecule has 0 aromatic heterocycles. The van der Waals surface area contributed by atoms with E-state index in [1.807, 2.05) is 19.2 Å². The highest BCUT2D eigenvalue weighted by molar-refractivity contribution is 9.10. The van der Waals surface area contributed by atoms with Crippen LogP contribution in [0.4, 0.5) is 0 Å². The SMILES string of the molecule is CNC(Cc1ccc(Br)cc1)C1CCS(=O)(=O)C1. The number of sulfone groups is 1. The molecule has 1 N–H and O–H groups in total. The minimum absolute atomic E-state index is 0.239. The molecule has 0 radical (unpaired) electrons. The number of hydrogen-bond acceptors (Lipinski definition) is 3. The van der Waals surface area contributed by atoms with Gasteiger partial charge in [-0.25, -0.2) is 8.42 Å². The fourth-order valence-corrected chi connectivity index (χ4v) is 4.66. The maximum absolute atomic E-state index is 11.5. The molecule has 2 atom stereocenters. The van der Waals surface area contributed by atoms with Gasteiger partial charge in [0.2, 0.25) is 0 Å². The van der Waals surface area contributed by atoms with E-state index in [4.69, 9.17) is 0 Å². The zero-order valence-corrected chi connectivity index (χ0v) is 12.8. The van der Waals surface area contributed by atoms with E-state index in [1.54, 1.807) is 0 Å². The maximum Gasteiger partial charge on any atom is 0.150 e. The van der Waals surface area contributed by atoms with Crippen LogP contribution >= 0.6 is 15.9 Å². The average Bonchev–Trinajstić information content (AvgIpc) is 2.69. The van der Waals surface area contributed by atoms with Gasteiger partial charge in [-0.3, -0.25) is 0 Å². The summed E-state index contributed by atoms with van der Waals surface area (Å²) in [5.74, 6) is 0.911. The Kier molecular flexibility index (Phi) is 4.45. The van der Waals surface area contributed by atoms with E-state index in [9.17, 15) is 8.42 Å². The van der Waals surface area contributed by atoms with Crippen LogP contribution in [0, 0.1) is 5.92 Å². The van der Waals surface area contributed by atoms with Crippen LogP contribution in [0.1, 0.15) is 12.0 Å². The summed E-state index contributed by atoms with van der Waals surface area (Å²) in [6, 6.07) is 8.44. The number of nitrogens with one attached hydrogen (secondary N) is 1. The Bertz CT molecular complexity index is 498. The highest BCUT2D eigenvalue weighted by Gasteiger charge is 2.32. The zero-order valence-electron chi connectivity index (χ0n) is 10.4. The van der Waals surface area contributed by atoms with Crippen molar-refractivity contribution >= 4 is 25.8 Å². The number of rotatable bonds is 4. The van der Waals surface area contributed by atoms with Crippen molar-refractivity contribution in [1.82, 2.24) is 5.32 Å². The lowest BCUT2D eigenvalue weighted by Crippen LogP contribution is -2.36. The Morgan fingerprint density at radius 1 is 1.39 bits per heavy atom. The minimum atomic E-state index is -2.80. The summed E-state index contributed by atoms with van der Waals surface area (Å²) < 4.78 is 24.1. The van der Waals surface area contributed by atoms with Gasteiger partial charge < -0.3 is 5.32 Å². The van der Waals surface area contributed by atoms with Crippen molar-refractivity contribution in [2.45, 2.75) is 18.9 Å². The van der Waals surface area contributed by atoms with E-state index in [1.165, 1.54) is 5.56 Å². The van der Waals surface area contributed by atoms with Crippen LogP contribution < -0.4 is 5.32 Å². The van der Waals surface area contributed by atoms with Crippen molar-refractivity contribution in [2.75, 3.05) is 18.6 Å². The summed E-state index contributed by atoms with van der Waals surface area (Å²) in [5.41, 5.74) is 1.24. The number of benzene rings is 1. The van der Waals surface area contributed by atoms with Gasteiger partial charge in [-0.15, -0.1) is 0 Å². The van der Waals surface area contributed by atoms with Gasteiger partial charge in [-0.2, -0.15) is 0 Å². The Balaban J connectivity index is 2.04. The molecule has 0 saturated carbocycles. The van der Waals surface area contributed by atoms with E-state index >= 15 is 0 Å². The number of likely N-dealkylation sites (N-methyl/N-ethyl adjacent to an activating group) is 1. The maximum atomic E-state index is 11.5. The van der Waals surface area contributed by atoms with Gasteiger partial charge in [0.05, 0.1) is 11.5 Å². The summed E-state index contributed by atoms with van der Waals surface area (Å²) in [6.45, 7) is 0. The summed E-state index contributed by atoms with van der Waals surface area (Å²) in [7, 11) is -0.886. The molecule has 1 saturated heterocycles.